The van der Waals surface area contributed by atoms with Crippen molar-refractivity contribution in [3.05, 3.63) is 48.3 Å². The molecular weight excluding hydrogens is 262 g/mol. The van der Waals surface area contributed by atoms with Gasteiger partial charge in [0.2, 0.25) is 5.91 Å². The van der Waals surface area contributed by atoms with E-state index < -0.39 is 0 Å². The summed E-state index contributed by atoms with van der Waals surface area (Å²) in [4.78, 5) is 22.6. The molecule has 1 aliphatic heterocycles. The van der Waals surface area contributed by atoms with Crippen molar-refractivity contribution >= 4 is 5.91 Å². The second kappa shape index (κ2) is 6.04. The van der Waals surface area contributed by atoms with E-state index in [4.69, 9.17) is 4.98 Å². The van der Waals surface area contributed by atoms with E-state index in [1.165, 1.54) is 0 Å². The van der Waals surface area contributed by atoms with Crippen molar-refractivity contribution in [2.24, 2.45) is 0 Å². The number of rotatable bonds is 2. The van der Waals surface area contributed by atoms with E-state index >= 15 is 0 Å². The van der Waals surface area contributed by atoms with Crippen LogP contribution < -0.4 is 0 Å². The van der Waals surface area contributed by atoms with Crippen LogP contribution in [0.2, 0.25) is 0 Å². The lowest BCUT2D eigenvalue weighted by Crippen LogP contribution is -2.37. The second-order valence-corrected chi connectivity index (χ2v) is 5.48. The van der Waals surface area contributed by atoms with Crippen molar-refractivity contribution < 1.29 is 4.79 Å². The van der Waals surface area contributed by atoms with Gasteiger partial charge in [-0.15, -0.1) is 0 Å². The van der Waals surface area contributed by atoms with Crippen LogP contribution in [-0.2, 0) is 4.79 Å². The SMILES string of the molecule is CC(=O)N1CCC[C@@H](c2ccnc(-c3ccccc3)n2)C1. The molecule has 0 spiro atoms. The highest BCUT2D eigenvalue weighted by Crippen LogP contribution is 2.26. The zero-order valence-corrected chi connectivity index (χ0v) is 12.2. The molecule has 1 atom stereocenters. The number of hydrogen-bond acceptors (Lipinski definition) is 3. The molecule has 0 radical (unpaired) electrons. The number of aromatic nitrogens is 2. The zero-order chi connectivity index (χ0) is 14.7. The van der Waals surface area contributed by atoms with Gasteiger partial charge in [0.1, 0.15) is 0 Å². The van der Waals surface area contributed by atoms with Gasteiger partial charge < -0.3 is 4.90 Å². The van der Waals surface area contributed by atoms with Gasteiger partial charge in [0.15, 0.2) is 5.82 Å². The molecule has 1 fully saturated rings. The Morgan fingerprint density at radius 3 is 2.81 bits per heavy atom. The lowest BCUT2D eigenvalue weighted by Gasteiger charge is -2.31. The Bertz CT molecular complexity index is 627. The molecule has 1 aromatic carbocycles. The van der Waals surface area contributed by atoms with E-state index in [9.17, 15) is 4.79 Å². The Morgan fingerprint density at radius 2 is 2.05 bits per heavy atom. The number of piperidine rings is 1. The fourth-order valence-corrected chi connectivity index (χ4v) is 2.83. The van der Waals surface area contributed by atoms with Crippen LogP contribution >= 0.6 is 0 Å². The lowest BCUT2D eigenvalue weighted by atomic mass is 9.94. The van der Waals surface area contributed by atoms with Crippen LogP contribution in [0.25, 0.3) is 11.4 Å². The smallest absolute Gasteiger partial charge is 0.219 e. The molecule has 4 nitrogen and oxygen atoms in total. The Morgan fingerprint density at radius 1 is 1.24 bits per heavy atom. The molecule has 4 heteroatoms. The molecule has 2 aromatic rings. The van der Waals surface area contributed by atoms with Gasteiger partial charge in [-0.2, -0.15) is 0 Å². The molecule has 1 amide bonds. The van der Waals surface area contributed by atoms with Gasteiger partial charge in [-0.25, -0.2) is 9.97 Å². The quantitative estimate of drug-likeness (QED) is 0.850. The number of carbonyl (C=O) groups excluding carboxylic acids is 1. The third kappa shape index (κ3) is 3.10. The van der Waals surface area contributed by atoms with Crippen LogP contribution in [0.3, 0.4) is 0 Å². The number of amides is 1. The molecule has 108 valence electrons. The van der Waals surface area contributed by atoms with E-state index in [0.29, 0.717) is 5.92 Å². The summed E-state index contributed by atoms with van der Waals surface area (Å²) in [6.07, 6.45) is 3.93. The molecule has 2 heterocycles. The van der Waals surface area contributed by atoms with Gasteiger partial charge in [-0.3, -0.25) is 4.79 Å². The van der Waals surface area contributed by atoms with Gasteiger partial charge in [0.05, 0.1) is 0 Å². The minimum absolute atomic E-state index is 0.150. The van der Waals surface area contributed by atoms with Crippen molar-refractivity contribution in [1.82, 2.24) is 14.9 Å². The van der Waals surface area contributed by atoms with Crippen LogP contribution in [0.5, 0.6) is 0 Å². The van der Waals surface area contributed by atoms with Crippen LogP contribution in [0.4, 0.5) is 0 Å². The van der Waals surface area contributed by atoms with E-state index in [2.05, 4.69) is 4.98 Å². The van der Waals surface area contributed by atoms with E-state index in [-0.39, 0.29) is 5.91 Å². The Labute approximate surface area is 124 Å². The molecule has 0 bridgehead atoms. The van der Waals surface area contributed by atoms with Gasteiger partial charge in [-0.05, 0) is 18.9 Å². The minimum Gasteiger partial charge on any atom is -0.342 e. The Hall–Kier alpha value is -2.23. The highest BCUT2D eigenvalue weighted by molar-refractivity contribution is 5.73. The highest BCUT2D eigenvalue weighted by Gasteiger charge is 2.24. The normalized spacial score (nSPS) is 18.5. The summed E-state index contributed by atoms with van der Waals surface area (Å²) >= 11 is 0. The topological polar surface area (TPSA) is 46.1 Å². The second-order valence-electron chi connectivity index (χ2n) is 5.48. The Balaban J connectivity index is 1.84. The summed E-state index contributed by atoms with van der Waals surface area (Å²) in [5, 5.41) is 0. The molecule has 0 unspecified atom stereocenters. The van der Waals surface area contributed by atoms with Gasteiger partial charge in [-0.1, -0.05) is 30.3 Å². The largest absolute Gasteiger partial charge is 0.342 e. The van der Waals surface area contributed by atoms with Crippen molar-refractivity contribution in [3.63, 3.8) is 0 Å². The number of hydrogen-bond donors (Lipinski definition) is 0. The summed E-state index contributed by atoms with van der Waals surface area (Å²) in [5.74, 6) is 1.22. The summed E-state index contributed by atoms with van der Waals surface area (Å²) in [6.45, 7) is 3.26. The number of nitrogens with zero attached hydrogens (tertiary/aromatic N) is 3. The summed E-state index contributed by atoms with van der Waals surface area (Å²) < 4.78 is 0. The number of carbonyl (C=O) groups is 1. The predicted molar refractivity (Wildman–Crippen MR) is 81.7 cm³/mol. The van der Waals surface area contributed by atoms with Crippen LogP contribution in [0.1, 0.15) is 31.4 Å². The third-order valence-corrected chi connectivity index (χ3v) is 3.99. The highest BCUT2D eigenvalue weighted by atomic mass is 16.2. The average Bonchev–Trinajstić information content (AvgIpc) is 2.56. The first-order valence-electron chi connectivity index (χ1n) is 7.38. The van der Waals surface area contributed by atoms with Gasteiger partial charge >= 0.3 is 0 Å². The molecule has 0 saturated carbocycles. The van der Waals surface area contributed by atoms with E-state index in [1.54, 1.807) is 6.92 Å². The molecule has 0 N–H and O–H groups in total. The fourth-order valence-electron chi connectivity index (χ4n) is 2.83. The minimum atomic E-state index is 0.150. The molecular formula is C17H19N3O. The van der Waals surface area contributed by atoms with E-state index in [1.807, 2.05) is 47.5 Å². The van der Waals surface area contributed by atoms with Crippen molar-refractivity contribution in [1.29, 1.82) is 0 Å². The lowest BCUT2D eigenvalue weighted by molar-refractivity contribution is -0.130. The molecule has 0 aliphatic carbocycles. The number of benzene rings is 1. The summed E-state index contributed by atoms with van der Waals surface area (Å²) in [5.41, 5.74) is 2.06. The zero-order valence-electron chi connectivity index (χ0n) is 12.2. The van der Waals surface area contributed by atoms with Crippen molar-refractivity contribution in [2.75, 3.05) is 13.1 Å². The van der Waals surface area contributed by atoms with Gasteiger partial charge in [0.25, 0.3) is 0 Å². The Kier molecular flexibility index (Phi) is 3.95. The van der Waals surface area contributed by atoms with Crippen molar-refractivity contribution in [2.45, 2.75) is 25.7 Å². The maximum atomic E-state index is 11.6. The molecule has 3 rings (SSSR count). The standard InChI is InChI=1S/C17H19N3O/c1-13(21)20-11-5-8-15(12-20)16-9-10-18-17(19-16)14-6-3-2-4-7-14/h2-4,6-7,9-10,15H,5,8,11-12H2,1H3/t15-/m1/s1. The fraction of sp³-hybridized carbons (Fsp3) is 0.353. The summed E-state index contributed by atoms with van der Waals surface area (Å²) in [6, 6.07) is 12.0. The molecule has 1 aromatic heterocycles. The first kappa shape index (κ1) is 13.7. The maximum absolute atomic E-state index is 11.6. The first-order chi connectivity index (χ1) is 10.2. The molecule has 1 aliphatic rings. The van der Waals surface area contributed by atoms with Gasteiger partial charge in [0, 0.05) is 43.4 Å². The van der Waals surface area contributed by atoms with Crippen LogP contribution in [0, 0.1) is 0 Å². The third-order valence-electron chi connectivity index (χ3n) is 3.99. The van der Waals surface area contributed by atoms with Crippen LogP contribution in [-0.4, -0.2) is 33.9 Å². The first-order valence-corrected chi connectivity index (χ1v) is 7.38. The molecule has 1 saturated heterocycles. The number of likely N-dealkylation sites (tertiary alicyclic amines) is 1. The predicted octanol–water partition coefficient (Wildman–Crippen LogP) is 2.87. The monoisotopic (exact) mass is 281 g/mol. The van der Waals surface area contributed by atoms with Crippen LogP contribution in [0.15, 0.2) is 42.6 Å². The molecule has 21 heavy (non-hydrogen) atoms. The average molecular weight is 281 g/mol. The van der Waals surface area contributed by atoms with Crippen molar-refractivity contribution in [3.8, 4) is 11.4 Å². The summed E-state index contributed by atoms with van der Waals surface area (Å²) in [7, 11) is 0. The van der Waals surface area contributed by atoms with E-state index in [0.717, 1.165) is 43.0 Å². The maximum Gasteiger partial charge on any atom is 0.219 e.